The summed E-state index contributed by atoms with van der Waals surface area (Å²) in [6.45, 7) is 3.57. The molecule has 0 unspecified atom stereocenters. The van der Waals surface area contributed by atoms with Crippen LogP contribution in [0.3, 0.4) is 0 Å². The number of piperazine rings is 1. The zero-order valence-corrected chi connectivity index (χ0v) is 23.1. The second kappa shape index (κ2) is 12.8. The molecule has 0 spiro atoms. The van der Waals surface area contributed by atoms with Crippen LogP contribution in [0.2, 0.25) is 0 Å². The van der Waals surface area contributed by atoms with Gasteiger partial charge in [0.1, 0.15) is 5.57 Å². The van der Waals surface area contributed by atoms with Crippen LogP contribution in [0.25, 0.3) is 6.08 Å². The fraction of sp³-hybridized carbons (Fsp3) is 0.258. The van der Waals surface area contributed by atoms with Crippen molar-refractivity contribution in [1.82, 2.24) is 4.90 Å². The molecule has 0 aliphatic carbocycles. The van der Waals surface area contributed by atoms with Crippen LogP contribution in [0.5, 0.6) is 17.2 Å². The molecule has 0 atom stereocenters. The van der Waals surface area contributed by atoms with Crippen molar-refractivity contribution < 1.29 is 28.6 Å². The summed E-state index contributed by atoms with van der Waals surface area (Å²) in [4.78, 5) is 42.7. The topological polar surface area (TPSA) is 97.4 Å². The van der Waals surface area contributed by atoms with Crippen LogP contribution in [0.15, 0.2) is 72.3 Å². The second-order valence-electron chi connectivity index (χ2n) is 9.22. The van der Waals surface area contributed by atoms with Crippen molar-refractivity contribution in [3.8, 4) is 17.2 Å². The Balaban J connectivity index is 1.60. The number of nitrogens with zero attached hydrogens (tertiary/aromatic N) is 2. The van der Waals surface area contributed by atoms with Crippen molar-refractivity contribution in [2.24, 2.45) is 0 Å². The van der Waals surface area contributed by atoms with Gasteiger partial charge in [0.15, 0.2) is 17.3 Å². The first kappa shape index (κ1) is 28.2. The summed E-state index contributed by atoms with van der Waals surface area (Å²) in [5.41, 5.74) is 2.74. The molecule has 1 heterocycles. The maximum atomic E-state index is 13.8. The first-order valence-corrected chi connectivity index (χ1v) is 12.9. The Morgan fingerprint density at radius 3 is 1.93 bits per heavy atom. The molecule has 0 saturated carbocycles. The molecule has 1 aliphatic rings. The van der Waals surface area contributed by atoms with Crippen LogP contribution < -0.4 is 24.4 Å². The molecule has 3 aromatic rings. The van der Waals surface area contributed by atoms with E-state index < -0.39 is 5.91 Å². The van der Waals surface area contributed by atoms with Crippen LogP contribution in [0.1, 0.15) is 22.8 Å². The molecule has 208 valence electrons. The molecule has 2 amide bonds. The van der Waals surface area contributed by atoms with Crippen LogP contribution in [0, 0.1) is 0 Å². The number of hydrogen-bond acceptors (Lipinski definition) is 7. The molecule has 0 bridgehead atoms. The van der Waals surface area contributed by atoms with Gasteiger partial charge in [0.25, 0.3) is 11.8 Å². The van der Waals surface area contributed by atoms with Gasteiger partial charge in [-0.3, -0.25) is 14.4 Å². The third kappa shape index (κ3) is 6.43. The number of Topliss-reactive ketones (excluding diaryl/α,β-unsaturated/α-hetero) is 1. The van der Waals surface area contributed by atoms with Gasteiger partial charge in [-0.1, -0.05) is 18.2 Å². The summed E-state index contributed by atoms with van der Waals surface area (Å²) in [7, 11) is 4.52. The molecule has 0 aromatic heterocycles. The number of para-hydroxylation sites is 1. The summed E-state index contributed by atoms with van der Waals surface area (Å²) >= 11 is 0. The number of carbonyl (C=O) groups excluding carboxylic acids is 3. The number of anilines is 2. The SMILES string of the molecule is COc1cc(C=C(C(=O)Nc2ccccc2)C(=O)N2CCN(c3ccc(C(C)=O)cc3)CC2)cc(OC)c1OC. The number of rotatable bonds is 9. The van der Waals surface area contributed by atoms with Gasteiger partial charge in [0.05, 0.1) is 21.3 Å². The maximum Gasteiger partial charge on any atom is 0.261 e. The van der Waals surface area contributed by atoms with Gasteiger partial charge in [0.2, 0.25) is 5.75 Å². The second-order valence-corrected chi connectivity index (χ2v) is 9.22. The highest BCUT2D eigenvalue weighted by molar-refractivity contribution is 6.25. The van der Waals surface area contributed by atoms with Crippen LogP contribution >= 0.6 is 0 Å². The number of ether oxygens (including phenoxy) is 3. The van der Waals surface area contributed by atoms with Crippen molar-refractivity contribution in [3.05, 3.63) is 83.4 Å². The minimum absolute atomic E-state index is 0.0159. The van der Waals surface area contributed by atoms with Gasteiger partial charge in [-0.25, -0.2) is 0 Å². The predicted molar refractivity (Wildman–Crippen MR) is 154 cm³/mol. The fourth-order valence-electron chi connectivity index (χ4n) is 4.54. The molecule has 1 fully saturated rings. The van der Waals surface area contributed by atoms with Crippen LogP contribution in [-0.4, -0.2) is 70.0 Å². The fourth-order valence-corrected chi connectivity index (χ4v) is 4.54. The molecule has 4 rings (SSSR count). The minimum Gasteiger partial charge on any atom is -0.493 e. The highest BCUT2D eigenvalue weighted by Gasteiger charge is 2.28. The van der Waals surface area contributed by atoms with E-state index in [9.17, 15) is 14.4 Å². The van der Waals surface area contributed by atoms with Crippen LogP contribution in [0.4, 0.5) is 11.4 Å². The Morgan fingerprint density at radius 2 is 1.40 bits per heavy atom. The number of methoxy groups -OCH3 is 3. The molecule has 9 heteroatoms. The number of amides is 2. The number of carbonyl (C=O) groups is 3. The number of nitrogens with one attached hydrogen (secondary N) is 1. The smallest absolute Gasteiger partial charge is 0.261 e. The van der Waals surface area contributed by atoms with E-state index in [-0.39, 0.29) is 17.3 Å². The molecule has 40 heavy (non-hydrogen) atoms. The monoisotopic (exact) mass is 543 g/mol. The number of ketones is 1. The summed E-state index contributed by atoms with van der Waals surface area (Å²) in [6, 6.07) is 19.8. The van der Waals surface area contributed by atoms with Gasteiger partial charge in [-0.2, -0.15) is 0 Å². The minimum atomic E-state index is -0.521. The first-order valence-electron chi connectivity index (χ1n) is 12.9. The zero-order chi connectivity index (χ0) is 28.6. The van der Waals surface area contributed by atoms with Crippen LogP contribution in [-0.2, 0) is 9.59 Å². The van der Waals surface area contributed by atoms with Gasteiger partial charge < -0.3 is 29.3 Å². The van der Waals surface area contributed by atoms with E-state index in [0.717, 1.165) is 5.69 Å². The van der Waals surface area contributed by atoms with Crippen molar-refractivity contribution in [1.29, 1.82) is 0 Å². The van der Waals surface area contributed by atoms with E-state index in [1.807, 2.05) is 30.3 Å². The van der Waals surface area contributed by atoms with Crippen molar-refractivity contribution in [2.75, 3.05) is 57.7 Å². The van der Waals surface area contributed by atoms with Gasteiger partial charge in [-0.15, -0.1) is 0 Å². The average molecular weight is 544 g/mol. The summed E-state index contributed by atoms with van der Waals surface area (Å²) in [5.74, 6) is 0.347. The third-order valence-electron chi connectivity index (χ3n) is 6.71. The lowest BCUT2D eigenvalue weighted by atomic mass is 10.1. The lowest BCUT2D eigenvalue weighted by Crippen LogP contribution is -2.50. The van der Waals surface area contributed by atoms with E-state index in [4.69, 9.17) is 14.2 Å². The van der Waals surface area contributed by atoms with E-state index in [1.165, 1.54) is 34.3 Å². The van der Waals surface area contributed by atoms with Crippen molar-refractivity contribution >= 4 is 35.0 Å². The lowest BCUT2D eigenvalue weighted by Gasteiger charge is -2.36. The predicted octanol–water partition coefficient (Wildman–Crippen LogP) is 4.29. The molecule has 1 saturated heterocycles. The Morgan fingerprint density at radius 1 is 0.800 bits per heavy atom. The Kier molecular flexibility index (Phi) is 9.06. The Hall–Kier alpha value is -4.79. The largest absolute Gasteiger partial charge is 0.493 e. The van der Waals surface area contributed by atoms with Gasteiger partial charge in [-0.05, 0) is 67.1 Å². The molecular formula is C31H33N3O6. The molecule has 3 aromatic carbocycles. The lowest BCUT2D eigenvalue weighted by molar-refractivity contribution is -0.129. The molecule has 1 aliphatic heterocycles. The average Bonchev–Trinajstić information content (AvgIpc) is 2.99. The molecule has 9 nitrogen and oxygen atoms in total. The van der Waals surface area contributed by atoms with Crippen molar-refractivity contribution in [3.63, 3.8) is 0 Å². The maximum absolute atomic E-state index is 13.8. The highest BCUT2D eigenvalue weighted by atomic mass is 16.5. The highest BCUT2D eigenvalue weighted by Crippen LogP contribution is 2.39. The van der Waals surface area contributed by atoms with E-state index in [1.54, 1.807) is 41.3 Å². The molecular weight excluding hydrogens is 510 g/mol. The van der Waals surface area contributed by atoms with E-state index in [2.05, 4.69) is 10.2 Å². The van der Waals surface area contributed by atoms with Gasteiger partial charge in [0, 0.05) is 43.1 Å². The Labute approximate surface area is 233 Å². The normalized spacial score (nSPS) is 13.4. The number of benzene rings is 3. The first-order chi connectivity index (χ1) is 19.3. The van der Waals surface area contributed by atoms with E-state index >= 15 is 0 Å². The quantitative estimate of drug-likeness (QED) is 0.186. The van der Waals surface area contributed by atoms with E-state index in [0.29, 0.717) is 60.2 Å². The summed E-state index contributed by atoms with van der Waals surface area (Å²) in [6.07, 6.45) is 1.54. The third-order valence-corrected chi connectivity index (χ3v) is 6.71. The standard InChI is InChI=1S/C31H33N3O6/c1-21(35)23-10-12-25(13-11-23)33-14-16-34(17-15-33)31(37)26(30(36)32-24-8-6-5-7-9-24)18-22-19-27(38-2)29(40-4)28(20-22)39-3/h5-13,18-20H,14-17H2,1-4H3,(H,32,36). The summed E-state index contributed by atoms with van der Waals surface area (Å²) < 4.78 is 16.3. The zero-order valence-electron chi connectivity index (χ0n) is 23.1. The van der Waals surface area contributed by atoms with Crippen molar-refractivity contribution in [2.45, 2.75) is 6.92 Å². The molecule has 0 radical (unpaired) electrons. The Bertz CT molecular complexity index is 1370. The molecule has 1 N–H and O–H groups in total. The number of hydrogen-bond donors (Lipinski definition) is 1. The summed E-state index contributed by atoms with van der Waals surface area (Å²) in [5, 5.41) is 2.83. The van der Waals surface area contributed by atoms with Gasteiger partial charge >= 0.3 is 0 Å².